The Morgan fingerprint density at radius 2 is 1.84 bits per heavy atom. The molecule has 0 saturated heterocycles. The second kappa shape index (κ2) is 10.4. The number of benzene rings is 2. The third kappa shape index (κ3) is 5.81. The molecule has 0 aliphatic heterocycles. The van der Waals surface area contributed by atoms with Crippen LogP contribution in [0.1, 0.15) is 12.8 Å². The zero-order valence-electron chi connectivity index (χ0n) is 18.2. The Bertz CT molecular complexity index is 1180. The number of amides is 1. The lowest BCUT2D eigenvalue weighted by Crippen LogP contribution is -2.36. The number of nitrogens with zero attached hydrogens (tertiary/aromatic N) is 3. The molecule has 3 rings (SSSR count). The molecule has 0 saturated carbocycles. The van der Waals surface area contributed by atoms with Crippen molar-refractivity contribution in [2.45, 2.75) is 17.7 Å². The minimum atomic E-state index is -3.52. The predicted octanol–water partition coefficient (Wildman–Crippen LogP) is 3.59. The van der Waals surface area contributed by atoms with Crippen LogP contribution in [0.25, 0.3) is 10.2 Å². The number of halogens is 1. The van der Waals surface area contributed by atoms with Crippen LogP contribution in [0.5, 0.6) is 5.75 Å². The fourth-order valence-corrected chi connectivity index (χ4v) is 5.43. The predicted molar refractivity (Wildman–Crippen MR) is 125 cm³/mol. The van der Waals surface area contributed by atoms with Gasteiger partial charge in [0.25, 0.3) is 0 Å². The molecule has 0 atom stereocenters. The van der Waals surface area contributed by atoms with Gasteiger partial charge in [-0.05, 0) is 56.9 Å². The SMILES string of the molecule is COc1ccc(S(=O)(=O)CCCC(=O)N(CCN(C)C)c2nc3c(F)cccc3s2)cc1. The molecule has 1 heterocycles. The van der Waals surface area contributed by atoms with Gasteiger partial charge in [-0.2, -0.15) is 0 Å². The first-order valence-corrected chi connectivity index (χ1v) is 12.5. The van der Waals surface area contributed by atoms with Gasteiger partial charge in [0, 0.05) is 19.5 Å². The van der Waals surface area contributed by atoms with Gasteiger partial charge in [0.2, 0.25) is 5.91 Å². The number of para-hydroxylation sites is 1. The van der Waals surface area contributed by atoms with Crippen molar-refractivity contribution in [1.29, 1.82) is 0 Å². The van der Waals surface area contributed by atoms with Crippen molar-refractivity contribution >= 4 is 42.4 Å². The van der Waals surface area contributed by atoms with E-state index in [1.165, 1.54) is 41.5 Å². The number of fused-ring (bicyclic) bond motifs is 1. The Kier molecular flexibility index (Phi) is 7.81. The fourth-order valence-electron chi connectivity index (χ4n) is 3.09. The van der Waals surface area contributed by atoms with E-state index < -0.39 is 15.7 Å². The first-order valence-electron chi connectivity index (χ1n) is 10.1. The second-order valence-corrected chi connectivity index (χ2v) is 10.6. The highest BCUT2D eigenvalue weighted by molar-refractivity contribution is 7.91. The molecule has 0 unspecified atom stereocenters. The van der Waals surface area contributed by atoms with Gasteiger partial charge >= 0.3 is 0 Å². The van der Waals surface area contributed by atoms with Crippen molar-refractivity contribution in [2.75, 3.05) is 44.9 Å². The molecular weight excluding hydrogens is 453 g/mol. The maximum Gasteiger partial charge on any atom is 0.228 e. The molecule has 3 aromatic rings. The molecule has 0 aliphatic carbocycles. The maximum atomic E-state index is 14.1. The highest BCUT2D eigenvalue weighted by atomic mass is 32.2. The van der Waals surface area contributed by atoms with E-state index in [1.54, 1.807) is 24.3 Å². The van der Waals surface area contributed by atoms with E-state index in [4.69, 9.17) is 4.74 Å². The fraction of sp³-hybridized carbons (Fsp3) is 0.364. The van der Waals surface area contributed by atoms with Gasteiger partial charge in [0.1, 0.15) is 17.1 Å². The molecule has 1 amide bonds. The van der Waals surface area contributed by atoms with E-state index in [2.05, 4.69) is 4.98 Å². The van der Waals surface area contributed by atoms with Crippen molar-refractivity contribution in [2.24, 2.45) is 0 Å². The number of rotatable bonds is 10. The summed E-state index contributed by atoms with van der Waals surface area (Å²) in [4.78, 5) is 21.0. The molecule has 0 aliphatic rings. The molecular formula is C22H26FN3O4S2. The lowest BCUT2D eigenvalue weighted by molar-refractivity contribution is -0.118. The topological polar surface area (TPSA) is 79.8 Å². The van der Waals surface area contributed by atoms with E-state index in [1.807, 2.05) is 19.0 Å². The van der Waals surface area contributed by atoms with E-state index in [9.17, 15) is 17.6 Å². The quantitative estimate of drug-likeness (QED) is 0.442. The van der Waals surface area contributed by atoms with Crippen molar-refractivity contribution in [3.05, 3.63) is 48.3 Å². The van der Waals surface area contributed by atoms with Crippen LogP contribution >= 0.6 is 11.3 Å². The lowest BCUT2D eigenvalue weighted by Gasteiger charge is -2.22. The summed E-state index contributed by atoms with van der Waals surface area (Å²) in [6, 6.07) is 10.9. The number of ether oxygens (including phenoxy) is 1. The van der Waals surface area contributed by atoms with Crippen LogP contribution in [0.3, 0.4) is 0 Å². The monoisotopic (exact) mass is 479 g/mol. The number of methoxy groups -OCH3 is 1. The van der Waals surface area contributed by atoms with Crippen LogP contribution in [0.15, 0.2) is 47.4 Å². The number of hydrogen-bond donors (Lipinski definition) is 0. The Balaban J connectivity index is 1.71. The van der Waals surface area contributed by atoms with Gasteiger partial charge in [-0.15, -0.1) is 0 Å². The maximum absolute atomic E-state index is 14.1. The zero-order chi connectivity index (χ0) is 23.3. The van der Waals surface area contributed by atoms with Crippen LogP contribution in [-0.2, 0) is 14.6 Å². The Morgan fingerprint density at radius 1 is 1.12 bits per heavy atom. The van der Waals surface area contributed by atoms with Crippen LogP contribution in [0.4, 0.5) is 9.52 Å². The summed E-state index contributed by atoms with van der Waals surface area (Å²) in [6.07, 6.45) is 0.214. The van der Waals surface area contributed by atoms with Crippen LogP contribution in [0.2, 0.25) is 0 Å². The molecule has 0 fully saturated rings. The number of carbonyl (C=O) groups excluding carboxylic acids is 1. The number of anilines is 1. The zero-order valence-corrected chi connectivity index (χ0v) is 19.9. The van der Waals surface area contributed by atoms with E-state index >= 15 is 0 Å². The van der Waals surface area contributed by atoms with Gasteiger partial charge in [-0.25, -0.2) is 17.8 Å². The summed E-state index contributed by atoms with van der Waals surface area (Å²) in [5, 5.41) is 0.412. The largest absolute Gasteiger partial charge is 0.497 e. The molecule has 2 aromatic carbocycles. The van der Waals surface area contributed by atoms with Gasteiger partial charge in [0.15, 0.2) is 15.0 Å². The summed E-state index contributed by atoms with van der Waals surface area (Å²) in [5.74, 6) is -0.254. The average molecular weight is 480 g/mol. The molecule has 7 nitrogen and oxygen atoms in total. The van der Waals surface area contributed by atoms with Gasteiger partial charge in [-0.1, -0.05) is 17.4 Å². The molecule has 0 bridgehead atoms. The summed E-state index contributed by atoms with van der Waals surface area (Å²) in [6.45, 7) is 0.965. The standard InChI is InChI=1S/C22H26FN3O4S2/c1-25(2)13-14-26(22-24-21-18(23)6-4-7-19(21)31-22)20(27)8-5-15-32(28,29)17-11-9-16(30-3)10-12-17/h4,6-7,9-12H,5,8,13-15H2,1-3H3. The minimum Gasteiger partial charge on any atom is -0.497 e. The Hall–Kier alpha value is -2.56. The molecule has 0 radical (unpaired) electrons. The summed E-state index contributed by atoms with van der Waals surface area (Å²) < 4.78 is 45.0. The Labute approximate surface area is 191 Å². The number of carbonyl (C=O) groups is 1. The normalized spacial score (nSPS) is 11.8. The van der Waals surface area contributed by atoms with E-state index in [0.29, 0.717) is 28.7 Å². The highest BCUT2D eigenvalue weighted by Crippen LogP contribution is 2.30. The van der Waals surface area contributed by atoms with Crippen LogP contribution < -0.4 is 9.64 Å². The second-order valence-electron chi connectivity index (χ2n) is 7.53. The van der Waals surface area contributed by atoms with Crippen molar-refractivity contribution in [3.8, 4) is 5.75 Å². The number of aromatic nitrogens is 1. The van der Waals surface area contributed by atoms with Crippen molar-refractivity contribution < 1.29 is 22.3 Å². The molecule has 1 aromatic heterocycles. The number of likely N-dealkylation sites (N-methyl/N-ethyl adjacent to an activating group) is 1. The molecule has 10 heteroatoms. The Morgan fingerprint density at radius 3 is 2.47 bits per heavy atom. The number of hydrogen-bond acceptors (Lipinski definition) is 7. The molecule has 0 spiro atoms. The smallest absolute Gasteiger partial charge is 0.228 e. The third-order valence-corrected chi connectivity index (χ3v) is 7.74. The van der Waals surface area contributed by atoms with Crippen LogP contribution in [0, 0.1) is 5.82 Å². The number of sulfone groups is 1. The van der Waals surface area contributed by atoms with Gasteiger partial charge in [-0.3, -0.25) is 9.69 Å². The first kappa shape index (κ1) is 24.1. The minimum absolute atomic E-state index is 0.0429. The summed E-state index contributed by atoms with van der Waals surface area (Å²) in [7, 11) is 1.77. The number of thiazole rings is 1. The molecule has 32 heavy (non-hydrogen) atoms. The third-order valence-electron chi connectivity index (χ3n) is 4.88. The van der Waals surface area contributed by atoms with Crippen molar-refractivity contribution in [1.82, 2.24) is 9.88 Å². The molecule has 0 N–H and O–H groups in total. The average Bonchev–Trinajstić information content (AvgIpc) is 3.19. The first-order chi connectivity index (χ1) is 15.2. The molecule has 172 valence electrons. The van der Waals surface area contributed by atoms with E-state index in [-0.39, 0.29) is 34.9 Å². The van der Waals surface area contributed by atoms with Gasteiger partial charge < -0.3 is 9.64 Å². The summed E-state index contributed by atoms with van der Waals surface area (Å²) in [5.41, 5.74) is 0.234. The van der Waals surface area contributed by atoms with Crippen LogP contribution in [-0.4, -0.2) is 64.3 Å². The van der Waals surface area contributed by atoms with E-state index in [0.717, 1.165) is 0 Å². The van der Waals surface area contributed by atoms with Crippen molar-refractivity contribution in [3.63, 3.8) is 0 Å². The summed E-state index contributed by atoms with van der Waals surface area (Å²) >= 11 is 1.24. The van der Waals surface area contributed by atoms with Gasteiger partial charge in [0.05, 0.1) is 22.5 Å². The lowest BCUT2D eigenvalue weighted by atomic mass is 10.3. The highest BCUT2D eigenvalue weighted by Gasteiger charge is 2.22.